The van der Waals surface area contributed by atoms with Crippen LogP contribution in [0, 0.1) is 0 Å². The van der Waals surface area contributed by atoms with Crippen LogP contribution in [-0.2, 0) is 0 Å². The molecular weight excluding hydrogens is 280 g/mol. The van der Waals surface area contributed by atoms with E-state index < -0.39 is 0 Å². The summed E-state index contributed by atoms with van der Waals surface area (Å²) in [6.45, 7) is 0. The fourth-order valence-electron chi connectivity index (χ4n) is 3.64. The maximum Gasteiger partial charge on any atom is 0.129 e. The van der Waals surface area contributed by atoms with Gasteiger partial charge in [0.15, 0.2) is 0 Å². The van der Waals surface area contributed by atoms with Crippen molar-refractivity contribution in [2.75, 3.05) is 4.90 Å². The predicted molar refractivity (Wildman–Crippen MR) is 78.9 cm³/mol. The first-order chi connectivity index (χ1) is 9.24. The fraction of sp³-hybridized carbons (Fsp3) is 0.538. The van der Waals surface area contributed by atoms with E-state index in [4.69, 9.17) is 17.3 Å². The Morgan fingerprint density at radius 2 is 1.95 bits per heavy atom. The van der Waals surface area contributed by atoms with Crippen LogP contribution in [0.3, 0.4) is 0 Å². The van der Waals surface area contributed by atoms with Crippen LogP contribution in [-0.4, -0.2) is 26.9 Å². The molecule has 2 aromatic rings. The number of nitrogens with zero attached hydrogens (tertiary/aromatic N) is 3. The zero-order chi connectivity index (χ0) is 13.0. The summed E-state index contributed by atoms with van der Waals surface area (Å²) in [5.74, 6) is 0. The highest BCUT2D eigenvalue weighted by molar-refractivity contribution is 7.00. The van der Waals surface area contributed by atoms with Crippen LogP contribution in [0.15, 0.2) is 12.1 Å². The number of hydrogen-bond donors (Lipinski definition) is 1. The molecule has 2 unspecified atom stereocenters. The van der Waals surface area contributed by atoms with Crippen molar-refractivity contribution >= 4 is 40.0 Å². The number of anilines is 1. The summed E-state index contributed by atoms with van der Waals surface area (Å²) >= 11 is 7.71. The van der Waals surface area contributed by atoms with Crippen molar-refractivity contribution in [2.24, 2.45) is 5.73 Å². The minimum atomic E-state index is 0.334. The lowest BCUT2D eigenvalue weighted by atomic mass is 9.97. The molecule has 6 heteroatoms. The Kier molecular flexibility index (Phi) is 2.69. The lowest BCUT2D eigenvalue weighted by Gasteiger charge is -2.39. The van der Waals surface area contributed by atoms with E-state index in [1.54, 1.807) is 0 Å². The van der Waals surface area contributed by atoms with Crippen molar-refractivity contribution in [3.05, 3.63) is 17.2 Å². The first-order valence-corrected chi connectivity index (χ1v) is 7.79. The van der Waals surface area contributed by atoms with Crippen LogP contribution in [0.1, 0.15) is 25.7 Å². The van der Waals surface area contributed by atoms with Crippen LogP contribution >= 0.6 is 23.3 Å². The van der Waals surface area contributed by atoms with Crippen molar-refractivity contribution in [2.45, 2.75) is 43.8 Å². The summed E-state index contributed by atoms with van der Waals surface area (Å²) < 4.78 is 8.76. The molecule has 2 saturated heterocycles. The Bertz CT molecular complexity index is 614. The van der Waals surface area contributed by atoms with Crippen molar-refractivity contribution in [3.63, 3.8) is 0 Å². The molecule has 4 nitrogen and oxygen atoms in total. The normalized spacial score (nSPS) is 30.2. The molecule has 2 aliphatic heterocycles. The number of piperidine rings is 1. The Labute approximate surface area is 120 Å². The molecule has 2 bridgehead atoms. The first kappa shape index (κ1) is 11.9. The Balaban J connectivity index is 1.86. The molecule has 0 saturated carbocycles. The first-order valence-electron chi connectivity index (χ1n) is 6.68. The topological polar surface area (TPSA) is 55.0 Å². The summed E-state index contributed by atoms with van der Waals surface area (Å²) in [6.07, 6.45) is 4.53. The van der Waals surface area contributed by atoms with Gasteiger partial charge in [0.1, 0.15) is 11.0 Å². The molecule has 2 N–H and O–H groups in total. The maximum atomic E-state index is 6.45. The Morgan fingerprint density at radius 1 is 1.21 bits per heavy atom. The quantitative estimate of drug-likeness (QED) is 0.879. The third kappa shape index (κ3) is 1.75. The molecule has 2 aliphatic rings. The van der Waals surface area contributed by atoms with Crippen molar-refractivity contribution in [1.82, 2.24) is 8.75 Å². The predicted octanol–water partition coefficient (Wildman–Crippen LogP) is 2.80. The molecule has 2 atom stereocenters. The molecule has 1 aromatic carbocycles. The van der Waals surface area contributed by atoms with E-state index in [1.165, 1.54) is 24.6 Å². The molecule has 2 fully saturated rings. The van der Waals surface area contributed by atoms with Gasteiger partial charge in [-0.3, -0.25) is 0 Å². The number of halogens is 1. The van der Waals surface area contributed by atoms with E-state index >= 15 is 0 Å². The van der Waals surface area contributed by atoms with E-state index in [2.05, 4.69) is 13.6 Å². The zero-order valence-electron chi connectivity index (χ0n) is 10.4. The highest BCUT2D eigenvalue weighted by atomic mass is 35.5. The van der Waals surface area contributed by atoms with Gasteiger partial charge in [-0.25, -0.2) is 0 Å². The number of rotatable bonds is 1. The summed E-state index contributed by atoms with van der Waals surface area (Å²) in [7, 11) is 0. The summed E-state index contributed by atoms with van der Waals surface area (Å²) in [5.41, 5.74) is 9.11. The molecule has 4 rings (SSSR count). The SMILES string of the molecule is NC1CC2CCC(C1)N2c1c(Cl)ccc2nsnc12. The minimum absolute atomic E-state index is 0.334. The van der Waals surface area contributed by atoms with Gasteiger partial charge in [0.25, 0.3) is 0 Å². The Hall–Kier alpha value is -0.910. The lowest BCUT2D eigenvalue weighted by Crippen LogP contribution is -2.47. The van der Waals surface area contributed by atoms with Crippen LogP contribution in [0.5, 0.6) is 0 Å². The molecule has 0 radical (unpaired) electrons. The molecule has 100 valence electrons. The van der Waals surface area contributed by atoms with E-state index in [0.29, 0.717) is 18.1 Å². The van der Waals surface area contributed by atoms with E-state index in [1.807, 2.05) is 12.1 Å². The van der Waals surface area contributed by atoms with Gasteiger partial charge in [-0.1, -0.05) is 11.6 Å². The van der Waals surface area contributed by atoms with Gasteiger partial charge < -0.3 is 10.6 Å². The van der Waals surface area contributed by atoms with Gasteiger partial charge >= 0.3 is 0 Å². The van der Waals surface area contributed by atoms with Crippen molar-refractivity contribution < 1.29 is 0 Å². The second-order valence-electron chi connectivity index (χ2n) is 5.55. The smallest absolute Gasteiger partial charge is 0.129 e. The number of nitrogens with two attached hydrogens (primary N) is 1. The molecule has 0 aliphatic carbocycles. The number of benzene rings is 1. The molecule has 3 heterocycles. The lowest BCUT2D eigenvalue weighted by molar-refractivity contribution is 0.415. The van der Waals surface area contributed by atoms with Gasteiger partial charge in [-0.2, -0.15) is 8.75 Å². The number of hydrogen-bond acceptors (Lipinski definition) is 5. The van der Waals surface area contributed by atoms with Gasteiger partial charge in [0, 0.05) is 18.1 Å². The van der Waals surface area contributed by atoms with Crippen LogP contribution < -0.4 is 10.6 Å². The number of aromatic nitrogens is 2. The van der Waals surface area contributed by atoms with Crippen LogP contribution in [0.25, 0.3) is 11.0 Å². The van der Waals surface area contributed by atoms with Crippen molar-refractivity contribution in [3.8, 4) is 0 Å². The van der Waals surface area contributed by atoms with Crippen LogP contribution in [0.4, 0.5) is 5.69 Å². The zero-order valence-corrected chi connectivity index (χ0v) is 12.0. The average molecular weight is 295 g/mol. The third-order valence-corrected chi connectivity index (χ3v) is 5.23. The van der Waals surface area contributed by atoms with Crippen molar-refractivity contribution in [1.29, 1.82) is 0 Å². The monoisotopic (exact) mass is 294 g/mol. The van der Waals surface area contributed by atoms with Crippen LogP contribution in [0.2, 0.25) is 5.02 Å². The van der Waals surface area contributed by atoms with E-state index in [-0.39, 0.29) is 0 Å². The van der Waals surface area contributed by atoms with Gasteiger partial charge in [-0.05, 0) is 37.8 Å². The fourth-order valence-corrected chi connectivity index (χ4v) is 4.43. The molecule has 0 spiro atoms. The Morgan fingerprint density at radius 3 is 2.68 bits per heavy atom. The summed E-state index contributed by atoms with van der Waals surface area (Å²) in [4.78, 5) is 2.47. The third-order valence-electron chi connectivity index (χ3n) is 4.38. The number of fused-ring (bicyclic) bond motifs is 3. The highest BCUT2D eigenvalue weighted by Gasteiger charge is 2.41. The standard InChI is InChI=1S/C13H15ClN4S/c14-10-3-4-11-12(17-19-16-11)13(10)18-8-1-2-9(18)6-7(15)5-8/h3-4,7-9H,1-2,5-6,15H2. The molecule has 19 heavy (non-hydrogen) atoms. The average Bonchev–Trinajstić information content (AvgIpc) is 2.94. The van der Waals surface area contributed by atoms with E-state index in [9.17, 15) is 0 Å². The second kappa shape index (κ2) is 4.30. The molecule has 1 aromatic heterocycles. The van der Waals surface area contributed by atoms with E-state index in [0.717, 1.165) is 34.6 Å². The molecular formula is C13H15ClN4S. The largest absolute Gasteiger partial charge is 0.362 e. The maximum absolute atomic E-state index is 6.45. The minimum Gasteiger partial charge on any atom is -0.362 e. The second-order valence-corrected chi connectivity index (χ2v) is 6.49. The van der Waals surface area contributed by atoms with Gasteiger partial charge in [0.2, 0.25) is 0 Å². The van der Waals surface area contributed by atoms with Gasteiger partial charge in [0.05, 0.1) is 22.4 Å². The molecule has 0 amide bonds. The highest BCUT2D eigenvalue weighted by Crippen LogP contribution is 2.44. The summed E-state index contributed by atoms with van der Waals surface area (Å²) in [6, 6.07) is 5.24. The summed E-state index contributed by atoms with van der Waals surface area (Å²) in [5, 5.41) is 0.785. The van der Waals surface area contributed by atoms with Gasteiger partial charge in [-0.15, -0.1) is 0 Å².